The van der Waals surface area contributed by atoms with Crippen molar-refractivity contribution in [1.29, 1.82) is 0 Å². The van der Waals surface area contributed by atoms with Gasteiger partial charge in [-0.25, -0.2) is 4.79 Å². The minimum Gasteiger partial charge on any atom is -0.463 e. The monoisotopic (exact) mass is 247 g/mol. The first-order chi connectivity index (χ1) is 8.65. The normalized spacial score (nSPS) is 10.3. The Bertz CT molecular complexity index is 580. The number of furan rings is 1. The lowest BCUT2D eigenvalue weighted by molar-refractivity contribution is 0.0562. The van der Waals surface area contributed by atoms with Crippen molar-refractivity contribution < 1.29 is 18.7 Å². The highest BCUT2D eigenvalue weighted by atomic mass is 16.5. The van der Waals surface area contributed by atoms with Crippen molar-refractivity contribution in [3.05, 3.63) is 47.2 Å². The maximum atomic E-state index is 11.2. The molecule has 0 aliphatic rings. The minimum atomic E-state index is -0.513. The number of aromatic nitrogens is 1. The van der Waals surface area contributed by atoms with Gasteiger partial charge in [0.05, 0.1) is 19.3 Å². The maximum Gasteiger partial charge on any atom is 0.373 e. The number of aldehydes is 1. The minimum absolute atomic E-state index is 0.157. The molecule has 0 aliphatic heterocycles. The van der Waals surface area contributed by atoms with Crippen molar-refractivity contribution in [3.8, 4) is 0 Å². The second-order valence-electron chi connectivity index (χ2n) is 3.86. The number of esters is 1. The van der Waals surface area contributed by atoms with Gasteiger partial charge in [0.15, 0.2) is 6.29 Å². The summed E-state index contributed by atoms with van der Waals surface area (Å²) in [5.74, 6) is 0.240. The first-order valence-electron chi connectivity index (χ1n) is 5.44. The van der Waals surface area contributed by atoms with E-state index < -0.39 is 5.97 Å². The van der Waals surface area contributed by atoms with Gasteiger partial charge in [-0.1, -0.05) is 0 Å². The van der Waals surface area contributed by atoms with Crippen LogP contribution in [0.3, 0.4) is 0 Å². The van der Waals surface area contributed by atoms with Crippen molar-refractivity contribution in [3.63, 3.8) is 0 Å². The van der Waals surface area contributed by atoms with Gasteiger partial charge < -0.3 is 13.7 Å². The molecule has 2 aromatic heterocycles. The summed E-state index contributed by atoms with van der Waals surface area (Å²) in [7, 11) is 1.30. The van der Waals surface area contributed by atoms with E-state index in [1.807, 2.05) is 17.6 Å². The van der Waals surface area contributed by atoms with E-state index in [0.717, 1.165) is 12.0 Å². The van der Waals surface area contributed by atoms with E-state index in [9.17, 15) is 9.59 Å². The number of hydrogen-bond donors (Lipinski definition) is 0. The summed E-state index contributed by atoms with van der Waals surface area (Å²) in [6, 6.07) is 6.85. The van der Waals surface area contributed by atoms with Crippen molar-refractivity contribution in [2.24, 2.45) is 0 Å². The van der Waals surface area contributed by atoms with E-state index in [1.54, 1.807) is 18.2 Å². The summed E-state index contributed by atoms with van der Waals surface area (Å²) < 4.78 is 11.7. The molecule has 0 bridgehead atoms. The number of hydrogen-bond acceptors (Lipinski definition) is 4. The topological polar surface area (TPSA) is 61.4 Å². The lowest BCUT2D eigenvalue weighted by Gasteiger charge is -2.05. The lowest BCUT2D eigenvalue weighted by Crippen LogP contribution is -2.05. The van der Waals surface area contributed by atoms with Gasteiger partial charge in [0.2, 0.25) is 5.76 Å². The van der Waals surface area contributed by atoms with E-state index in [2.05, 4.69) is 4.74 Å². The molecule has 0 aromatic carbocycles. The molecule has 0 radical (unpaired) electrons. The molecule has 0 spiro atoms. The average molecular weight is 247 g/mol. The van der Waals surface area contributed by atoms with Crippen LogP contribution in [0.25, 0.3) is 0 Å². The van der Waals surface area contributed by atoms with Gasteiger partial charge >= 0.3 is 5.97 Å². The van der Waals surface area contributed by atoms with Crippen molar-refractivity contribution >= 4 is 12.3 Å². The number of carbonyl (C=O) groups excluding carboxylic acids is 2. The fourth-order valence-corrected chi connectivity index (χ4v) is 1.74. The Labute approximate surface area is 104 Å². The van der Waals surface area contributed by atoms with E-state index >= 15 is 0 Å². The Morgan fingerprint density at radius 1 is 1.39 bits per heavy atom. The lowest BCUT2D eigenvalue weighted by atomic mass is 10.4. The number of ether oxygens (including phenoxy) is 1. The number of methoxy groups -OCH3 is 1. The van der Waals surface area contributed by atoms with Crippen molar-refractivity contribution in [1.82, 2.24) is 4.57 Å². The summed E-state index contributed by atoms with van der Waals surface area (Å²) in [4.78, 5) is 22.1. The van der Waals surface area contributed by atoms with E-state index in [-0.39, 0.29) is 5.76 Å². The first kappa shape index (κ1) is 12.2. The Morgan fingerprint density at radius 3 is 2.83 bits per heavy atom. The number of aryl methyl sites for hydroxylation is 1. The van der Waals surface area contributed by atoms with Crippen LogP contribution >= 0.6 is 0 Å². The summed E-state index contributed by atoms with van der Waals surface area (Å²) in [5.41, 5.74) is 1.52. The molecular formula is C13H13NO4. The van der Waals surface area contributed by atoms with E-state index in [0.29, 0.717) is 18.0 Å². The largest absolute Gasteiger partial charge is 0.463 e. The molecule has 2 heterocycles. The molecule has 18 heavy (non-hydrogen) atoms. The number of rotatable bonds is 4. The number of carbonyl (C=O) groups is 2. The third-order valence-electron chi connectivity index (χ3n) is 2.72. The van der Waals surface area contributed by atoms with Gasteiger partial charge in [-0.15, -0.1) is 0 Å². The van der Waals surface area contributed by atoms with Crippen LogP contribution < -0.4 is 0 Å². The molecule has 5 nitrogen and oxygen atoms in total. The highest BCUT2D eigenvalue weighted by Crippen LogP contribution is 2.14. The standard InChI is InChI=1S/C13H13NO4/c1-9-3-4-10(8-15)14(9)7-11-5-6-12(18-11)13(16)17-2/h3-6,8H,7H2,1-2H3. The fourth-order valence-electron chi connectivity index (χ4n) is 1.74. The summed E-state index contributed by atoms with van der Waals surface area (Å²) in [5, 5.41) is 0. The van der Waals surface area contributed by atoms with Crippen molar-refractivity contribution in [2.45, 2.75) is 13.5 Å². The second kappa shape index (κ2) is 4.91. The molecule has 5 heteroatoms. The highest BCUT2D eigenvalue weighted by Gasteiger charge is 2.12. The third kappa shape index (κ3) is 2.20. The van der Waals surface area contributed by atoms with Gasteiger partial charge in [-0.2, -0.15) is 0 Å². The molecule has 0 fully saturated rings. The van der Waals surface area contributed by atoms with Crippen LogP contribution in [-0.2, 0) is 11.3 Å². The Balaban J connectivity index is 2.23. The van der Waals surface area contributed by atoms with Gasteiger partial charge in [-0.3, -0.25) is 4.79 Å². The Hall–Kier alpha value is -2.30. The number of nitrogens with zero attached hydrogens (tertiary/aromatic N) is 1. The summed E-state index contributed by atoms with van der Waals surface area (Å²) in [6.07, 6.45) is 0.789. The smallest absolute Gasteiger partial charge is 0.373 e. The molecular weight excluding hydrogens is 234 g/mol. The molecule has 0 aliphatic carbocycles. The van der Waals surface area contributed by atoms with Gasteiger partial charge in [0.1, 0.15) is 5.76 Å². The Kier molecular flexibility index (Phi) is 3.32. The van der Waals surface area contributed by atoms with Crippen LogP contribution in [0.2, 0.25) is 0 Å². The van der Waals surface area contributed by atoms with Gasteiger partial charge in [0, 0.05) is 5.69 Å². The predicted molar refractivity (Wildman–Crippen MR) is 63.7 cm³/mol. The molecule has 0 unspecified atom stereocenters. The van der Waals surface area contributed by atoms with E-state index in [4.69, 9.17) is 4.42 Å². The highest BCUT2D eigenvalue weighted by molar-refractivity contribution is 5.86. The van der Waals surface area contributed by atoms with Crippen LogP contribution in [0.4, 0.5) is 0 Å². The fraction of sp³-hybridized carbons (Fsp3) is 0.231. The molecule has 0 saturated heterocycles. The predicted octanol–water partition coefficient (Wildman–Crippen LogP) is 2.04. The second-order valence-corrected chi connectivity index (χ2v) is 3.86. The average Bonchev–Trinajstić information content (AvgIpc) is 2.97. The quantitative estimate of drug-likeness (QED) is 0.612. The van der Waals surface area contributed by atoms with Gasteiger partial charge in [0.25, 0.3) is 0 Å². The zero-order chi connectivity index (χ0) is 13.1. The zero-order valence-corrected chi connectivity index (χ0v) is 10.2. The summed E-state index contributed by atoms with van der Waals surface area (Å²) >= 11 is 0. The molecule has 2 aromatic rings. The molecule has 0 saturated carbocycles. The molecule has 94 valence electrons. The van der Waals surface area contributed by atoms with Crippen LogP contribution in [0.5, 0.6) is 0 Å². The first-order valence-corrected chi connectivity index (χ1v) is 5.44. The molecule has 0 amide bonds. The van der Waals surface area contributed by atoms with Crippen LogP contribution in [0.1, 0.15) is 32.5 Å². The van der Waals surface area contributed by atoms with Crippen LogP contribution in [0, 0.1) is 6.92 Å². The SMILES string of the molecule is COC(=O)c1ccc(Cn2c(C)ccc2C=O)o1. The van der Waals surface area contributed by atoms with Gasteiger partial charge in [-0.05, 0) is 31.2 Å². The van der Waals surface area contributed by atoms with Crippen LogP contribution in [0.15, 0.2) is 28.7 Å². The van der Waals surface area contributed by atoms with E-state index in [1.165, 1.54) is 7.11 Å². The van der Waals surface area contributed by atoms with Crippen LogP contribution in [-0.4, -0.2) is 23.9 Å². The molecule has 2 rings (SSSR count). The maximum absolute atomic E-state index is 11.2. The molecule has 0 N–H and O–H groups in total. The van der Waals surface area contributed by atoms with Crippen molar-refractivity contribution in [2.75, 3.05) is 7.11 Å². The third-order valence-corrected chi connectivity index (χ3v) is 2.72. The zero-order valence-electron chi connectivity index (χ0n) is 10.2. The molecule has 0 atom stereocenters. The Morgan fingerprint density at radius 2 is 2.17 bits per heavy atom. The summed E-state index contributed by atoms with van der Waals surface area (Å²) in [6.45, 7) is 2.31.